The van der Waals surface area contributed by atoms with Crippen LogP contribution in [0.2, 0.25) is 5.02 Å². The van der Waals surface area contributed by atoms with Crippen molar-refractivity contribution in [2.24, 2.45) is 11.3 Å². The summed E-state index contributed by atoms with van der Waals surface area (Å²) in [5.41, 5.74) is 3.20. The lowest BCUT2D eigenvalue weighted by Gasteiger charge is -2.45. The Balaban J connectivity index is 1.51. The molecule has 2 amide bonds. The first-order valence-corrected chi connectivity index (χ1v) is 16.0. The zero-order valence-electron chi connectivity index (χ0n) is 24.1. The number of rotatable bonds is 8. The van der Waals surface area contributed by atoms with Crippen LogP contribution in [0.25, 0.3) is 11.1 Å². The molecule has 0 aliphatic carbocycles. The molecule has 3 aromatic carbocycles. The van der Waals surface area contributed by atoms with Crippen molar-refractivity contribution in [1.82, 2.24) is 10.2 Å². The maximum Gasteiger partial charge on any atom is 0.251 e. The predicted molar refractivity (Wildman–Crippen MR) is 166 cm³/mol. The maximum absolute atomic E-state index is 13.8. The van der Waals surface area contributed by atoms with Crippen LogP contribution in [0.5, 0.6) is 0 Å². The number of carbonyl (C=O) groups is 2. The van der Waals surface area contributed by atoms with Gasteiger partial charge in [-0.15, -0.1) is 0 Å². The van der Waals surface area contributed by atoms with Crippen LogP contribution in [0.15, 0.2) is 72.8 Å². The number of nitrogens with one attached hydrogen (secondary N) is 2. The van der Waals surface area contributed by atoms with Gasteiger partial charge in [0.2, 0.25) is 15.9 Å². The Kier molecular flexibility index (Phi) is 9.14. The van der Waals surface area contributed by atoms with Gasteiger partial charge >= 0.3 is 0 Å². The summed E-state index contributed by atoms with van der Waals surface area (Å²) in [5.74, 6) is -0.275. The van der Waals surface area contributed by atoms with E-state index in [2.05, 4.69) is 36.0 Å². The normalized spacial score (nSPS) is 17.6. The van der Waals surface area contributed by atoms with Gasteiger partial charge in [-0.25, -0.2) is 8.42 Å². The largest absolute Gasteiger partial charge is 0.340 e. The number of benzene rings is 3. The van der Waals surface area contributed by atoms with Gasteiger partial charge < -0.3 is 10.2 Å². The molecule has 2 atom stereocenters. The van der Waals surface area contributed by atoms with Gasteiger partial charge in [-0.1, -0.05) is 81.8 Å². The van der Waals surface area contributed by atoms with Crippen molar-refractivity contribution in [1.29, 1.82) is 0 Å². The van der Waals surface area contributed by atoms with Crippen LogP contribution < -0.4 is 10.0 Å². The Morgan fingerprint density at radius 1 is 1.00 bits per heavy atom. The smallest absolute Gasteiger partial charge is 0.251 e. The molecule has 0 spiro atoms. The van der Waals surface area contributed by atoms with Crippen LogP contribution >= 0.6 is 11.6 Å². The lowest BCUT2D eigenvalue weighted by Crippen LogP contribution is -2.55. The zero-order chi connectivity index (χ0) is 29.9. The molecule has 9 heteroatoms. The number of para-hydroxylation sites is 1. The molecule has 1 aliphatic heterocycles. The zero-order valence-corrected chi connectivity index (χ0v) is 25.7. The van der Waals surface area contributed by atoms with Crippen LogP contribution in [0, 0.1) is 11.3 Å². The van der Waals surface area contributed by atoms with Crippen molar-refractivity contribution >= 4 is 39.1 Å². The SMILES string of the molecule is CC(C)[C@@H](NC(=O)c1cccc(-c2ccccc2NS(C)(=O)=O)c1)C(=O)N1CC[C@H](c2ccc(Cl)cc2)C(C)(C)C1. The monoisotopic (exact) mass is 595 g/mol. The van der Waals surface area contributed by atoms with E-state index < -0.39 is 16.1 Å². The quantitative estimate of drug-likeness (QED) is 0.325. The van der Waals surface area contributed by atoms with E-state index in [-0.39, 0.29) is 23.1 Å². The Labute approximate surface area is 248 Å². The molecule has 0 radical (unpaired) electrons. The van der Waals surface area contributed by atoms with Crippen molar-refractivity contribution in [2.45, 2.75) is 46.1 Å². The van der Waals surface area contributed by atoms with Crippen molar-refractivity contribution in [3.8, 4) is 11.1 Å². The fourth-order valence-electron chi connectivity index (χ4n) is 5.64. The van der Waals surface area contributed by atoms with E-state index in [1.54, 1.807) is 42.5 Å². The van der Waals surface area contributed by atoms with Gasteiger partial charge in [-0.05, 0) is 65.1 Å². The van der Waals surface area contributed by atoms with Gasteiger partial charge in [0.05, 0.1) is 11.9 Å². The summed E-state index contributed by atoms with van der Waals surface area (Å²) in [6.45, 7) is 9.40. The number of likely N-dealkylation sites (tertiary alicyclic amines) is 1. The van der Waals surface area contributed by atoms with Gasteiger partial charge in [0, 0.05) is 29.2 Å². The van der Waals surface area contributed by atoms with E-state index in [4.69, 9.17) is 11.6 Å². The maximum atomic E-state index is 13.8. The van der Waals surface area contributed by atoms with Gasteiger partial charge in [0.15, 0.2) is 0 Å². The first-order chi connectivity index (χ1) is 19.2. The molecule has 0 bridgehead atoms. The molecule has 7 nitrogen and oxygen atoms in total. The summed E-state index contributed by atoms with van der Waals surface area (Å²) in [7, 11) is -3.49. The fourth-order valence-corrected chi connectivity index (χ4v) is 6.35. The Bertz CT molecular complexity index is 1520. The third-order valence-corrected chi connectivity index (χ3v) is 8.53. The second-order valence-electron chi connectivity index (χ2n) is 11.8. The molecule has 1 aliphatic rings. The standard InChI is InChI=1S/C32H38ClN3O4S/c1-21(2)29(31(38)36-18-17-27(32(3,4)20-36)22-13-15-25(33)16-14-22)34-30(37)24-10-8-9-23(19-24)26-11-6-7-12-28(26)35-41(5,39)40/h6-16,19,21,27,29,35H,17-18,20H2,1-5H3,(H,34,37)/t27-,29-/m1/s1. The molecule has 0 unspecified atom stereocenters. The number of sulfonamides is 1. The van der Waals surface area contributed by atoms with Gasteiger partial charge in [-0.2, -0.15) is 0 Å². The molecule has 1 saturated heterocycles. The number of hydrogen-bond acceptors (Lipinski definition) is 4. The van der Waals surface area contributed by atoms with Crippen molar-refractivity contribution in [3.05, 3.63) is 88.9 Å². The topological polar surface area (TPSA) is 95.6 Å². The fraction of sp³-hybridized carbons (Fsp3) is 0.375. The summed E-state index contributed by atoms with van der Waals surface area (Å²) in [6, 6.07) is 21.2. The second-order valence-corrected chi connectivity index (χ2v) is 14.0. The highest BCUT2D eigenvalue weighted by Gasteiger charge is 2.40. The summed E-state index contributed by atoms with van der Waals surface area (Å²) >= 11 is 6.09. The number of anilines is 1. The van der Waals surface area contributed by atoms with Crippen LogP contribution in [0.1, 0.15) is 56.0 Å². The summed E-state index contributed by atoms with van der Waals surface area (Å²) in [4.78, 5) is 29.1. The highest BCUT2D eigenvalue weighted by Crippen LogP contribution is 2.42. The Morgan fingerprint density at radius 2 is 1.68 bits per heavy atom. The number of nitrogens with zero attached hydrogens (tertiary/aromatic N) is 1. The molecule has 4 rings (SSSR count). The molecule has 3 aromatic rings. The van der Waals surface area contributed by atoms with Crippen LogP contribution in [0.3, 0.4) is 0 Å². The highest BCUT2D eigenvalue weighted by molar-refractivity contribution is 7.92. The molecule has 2 N–H and O–H groups in total. The Hall–Kier alpha value is -3.36. The molecular weight excluding hydrogens is 558 g/mol. The highest BCUT2D eigenvalue weighted by atomic mass is 35.5. The lowest BCUT2D eigenvalue weighted by molar-refractivity contribution is -0.137. The van der Waals surface area contributed by atoms with Crippen LogP contribution in [0.4, 0.5) is 5.69 Å². The molecule has 0 saturated carbocycles. The number of halogens is 1. The first-order valence-electron chi connectivity index (χ1n) is 13.8. The average Bonchev–Trinajstić information content (AvgIpc) is 2.90. The third-order valence-electron chi connectivity index (χ3n) is 7.69. The number of hydrogen-bond donors (Lipinski definition) is 2. The van der Waals surface area contributed by atoms with Crippen molar-refractivity contribution in [2.75, 3.05) is 24.1 Å². The minimum Gasteiger partial charge on any atom is -0.340 e. The number of carbonyl (C=O) groups excluding carboxylic acids is 2. The van der Waals surface area contributed by atoms with E-state index in [1.807, 2.05) is 36.9 Å². The molecule has 1 heterocycles. The molecule has 218 valence electrons. The van der Waals surface area contributed by atoms with E-state index in [0.717, 1.165) is 12.7 Å². The van der Waals surface area contributed by atoms with E-state index in [0.29, 0.717) is 46.4 Å². The van der Waals surface area contributed by atoms with E-state index in [9.17, 15) is 18.0 Å². The minimum atomic E-state index is -3.49. The van der Waals surface area contributed by atoms with Crippen LogP contribution in [-0.2, 0) is 14.8 Å². The molecule has 1 fully saturated rings. The summed E-state index contributed by atoms with van der Waals surface area (Å²) in [5, 5.41) is 3.69. The van der Waals surface area contributed by atoms with Gasteiger partial charge in [0.25, 0.3) is 5.91 Å². The Morgan fingerprint density at radius 3 is 2.32 bits per heavy atom. The van der Waals surface area contributed by atoms with Gasteiger partial charge in [0.1, 0.15) is 6.04 Å². The summed E-state index contributed by atoms with van der Waals surface area (Å²) < 4.78 is 26.3. The third kappa shape index (κ3) is 7.49. The predicted octanol–water partition coefficient (Wildman–Crippen LogP) is 6.18. The lowest BCUT2D eigenvalue weighted by atomic mass is 9.70. The number of amides is 2. The summed E-state index contributed by atoms with van der Waals surface area (Å²) in [6.07, 6.45) is 1.92. The minimum absolute atomic E-state index is 0.0881. The van der Waals surface area contributed by atoms with Gasteiger partial charge in [-0.3, -0.25) is 14.3 Å². The second kappa shape index (κ2) is 12.2. The van der Waals surface area contributed by atoms with Crippen molar-refractivity contribution in [3.63, 3.8) is 0 Å². The molecule has 0 aromatic heterocycles. The average molecular weight is 596 g/mol. The molecular formula is C32H38ClN3O4S. The van der Waals surface area contributed by atoms with Crippen molar-refractivity contribution < 1.29 is 18.0 Å². The van der Waals surface area contributed by atoms with E-state index >= 15 is 0 Å². The number of piperidine rings is 1. The molecule has 41 heavy (non-hydrogen) atoms. The van der Waals surface area contributed by atoms with E-state index in [1.165, 1.54) is 5.56 Å². The van der Waals surface area contributed by atoms with Crippen LogP contribution in [-0.4, -0.2) is 50.5 Å². The first kappa shape index (κ1) is 30.6.